The van der Waals surface area contributed by atoms with E-state index in [1.807, 2.05) is 11.4 Å². The number of aromatic nitrogens is 4. The zero-order valence-corrected chi connectivity index (χ0v) is 10.8. The molecule has 0 aliphatic carbocycles. The summed E-state index contributed by atoms with van der Waals surface area (Å²) >= 11 is 2.42. The molecule has 0 saturated carbocycles. The zero-order chi connectivity index (χ0) is 12.5. The Morgan fingerprint density at radius 2 is 2.11 bits per heavy atom. The van der Waals surface area contributed by atoms with Crippen LogP contribution in [0.1, 0.15) is 0 Å². The fraction of sp³-hybridized carbons (Fsp3) is 0.200. The summed E-state index contributed by atoms with van der Waals surface area (Å²) in [7, 11) is 0. The summed E-state index contributed by atoms with van der Waals surface area (Å²) in [6, 6.07) is 1.82. The fourth-order valence-electron chi connectivity index (χ4n) is 1.62. The highest BCUT2D eigenvalue weighted by Gasteiger charge is 2.06. The SMILES string of the molecule is O=c1c2sccc2ncn1CCn1ncsc1=O. The fourth-order valence-corrected chi connectivity index (χ4v) is 2.93. The van der Waals surface area contributed by atoms with Gasteiger partial charge in [0, 0.05) is 6.54 Å². The lowest BCUT2D eigenvalue weighted by Crippen LogP contribution is -2.25. The Kier molecular flexibility index (Phi) is 2.80. The van der Waals surface area contributed by atoms with Crippen LogP contribution in [0.2, 0.25) is 0 Å². The highest BCUT2D eigenvalue weighted by Crippen LogP contribution is 2.12. The molecule has 3 aromatic heterocycles. The normalized spacial score (nSPS) is 11.1. The van der Waals surface area contributed by atoms with Gasteiger partial charge >= 0.3 is 4.87 Å². The van der Waals surface area contributed by atoms with Crippen LogP contribution in [0, 0.1) is 0 Å². The first-order valence-electron chi connectivity index (χ1n) is 5.19. The Morgan fingerprint density at radius 3 is 2.89 bits per heavy atom. The maximum absolute atomic E-state index is 12.1. The summed E-state index contributed by atoms with van der Waals surface area (Å²) in [5, 5.41) is 5.74. The molecule has 0 aliphatic heterocycles. The van der Waals surface area contributed by atoms with Crippen LogP contribution < -0.4 is 10.4 Å². The smallest absolute Gasteiger partial charge is 0.296 e. The topological polar surface area (TPSA) is 69.8 Å². The lowest BCUT2D eigenvalue weighted by atomic mass is 10.4. The van der Waals surface area contributed by atoms with Gasteiger partial charge in [-0.25, -0.2) is 9.67 Å². The van der Waals surface area contributed by atoms with Gasteiger partial charge in [-0.3, -0.25) is 14.2 Å². The molecule has 18 heavy (non-hydrogen) atoms. The highest BCUT2D eigenvalue weighted by molar-refractivity contribution is 7.17. The second-order valence-corrected chi connectivity index (χ2v) is 5.32. The molecule has 3 heterocycles. The third-order valence-electron chi connectivity index (χ3n) is 2.54. The van der Waals surface area contributed by atoms with Gasteiger partial charge < -0.3 is 0 Å². The van der Waals surface area contributed by atoms with Gasteiger partial charge in [-0.1, -0.05) is 11.3 Å². The third kappa shape index (κ3) is 1.89. The second kappa shape index (κ2) is 4.46. The molecule has 0 atom stereocenters. The molecule has 0 fully saturated rings. The first-order chi connectivity index (χ1) is 8.75. The number of nitrogens with zero attached hydrogens (tertiary/aromatic N) is 4. The van der Waals surface area contributed by atoms with Crippen molar-refractivity contribution in [1.29, 1.82) is 0 Å². The lowest BCUT2D eigenvalue weighted by molar-refractivity contribution is 0.512. The maximum atomic E-state index is 12.1. The Hall–Kier alpha value is -1.80. The van der Waals surface area contributed by atoms with Gasteiger partial charge in [0.25, 0.3) is 5.56 Å². The molecule has 0 aromatic carbocycles. The van der Waals surface area contributed by atoms with Crippen molar-refractivity contribution >= 4 is 32.9 Å². The molecular formula is C10H8N4O2S2. The Bertz CT molecular complexity index is 798. The Morgan fingerprint density at radius 1 is 1.22 bits per heavy atom. The van der Waals surface area contributed by atoms with Crippen molar-refractivity contribution in [2.75, 3.05) is 0 Å². The molecule has 3 rings (SSSR count). The van der Waals surface area contributed by atoms with E-state index in [0.717, 1.165) is 11.3 Å². The van der Waals surface area contributed by atoms with Gasteiger partial charge in [-0.15, -0.1) is 11.3 Å². The molecule has 8 heteroatoms. The first-order valence-corrected chi connectivity index (χ1v) is 6.95. The van der Waals surface area contributed by atoms with E-state index in [1.54, 1.807) is 0 Å². The number of hydrogen-bond donors (Lipinski definition) is 0. The molecule has 0 spiro atoms. The second-order valence-electron chi connectivity index (χ2n) is 3.61. The summed E-state index contributed by atoms with van der Waals surface area (Å²) in [5.41, 5.74) is 2.14. The van der Waals surface area contributed by atoms with Crippen molar-refractivity contribution in [2.24, 2.45) is 0 Å². The maximum Gasteiger partial charge on any atom is 0.324 e. The van der Waals surface area contributed by atoms with Gasteiger partial charge in [0.1, 0.15) is 10.2 Å². The van der Waals surface area contributed by atoms with Crippen LogP contribution in [0.15, 0.2) is 32.9 Å². The summed E-state index contributed by atoms with van der Waals surface area (Å²) in [6.45, 7) is 0.768. The van der Waals surface area contributed by atoms with E-state index in [1.165, 1.54) is 32.4 Å². The third-order valence-corrected chi connectivity index (χ3v) is 4.04. The van der Waals surface area contributed by atoms with Gasteiger partial charge in [0.15, 0.2) is 0 Å². The lowest BCUT2D eigenvalue weighted by Gasteiger charge is -2.04. The van der Waals surface area contributed by atoms with Crippen LogP contribution >= 0.6 is 22.7 Å². The number of hydrogen-bond acceptors (Lipinski definition) is 6. The van der Waals surface area contributed by atoms with Crippen LogP contribution in [-0.2, 0) is 13.1 Å². The summed E-state index contributed by atoms with van der Waals surface area (Å²) in [4.78, 5) is 27.5. The van der Waals surface area contributed by atoms with Crippen molar-refractivity contribution in [3.05, 3.63) is 43.3 Å². The largest absolute Gasteiger partial charge is 0.324 e. The molecule has 0 unspecified atom stereocenters. The van der Waals surface area contributed by atoms with E-state index >= 15 is 0 Å². The van der Waals surface area contributed by atoms with Crippen molar-refractivity contribution in [3.63, 3.8) is 0 Å². The minimum atomic E-state index is -0.117. The van der Waals surface area contributed by atoms with Gasteiger partial charge in [0.05, 0.1) is 18.4 Å². The highest BCUT2D eigenvalue weighted by atomic mass is 32.1. The molecule has 0 bridgehead atoms. The predicted octanol–water partition coefficient (Wildman–Crippen LogP) is 0.776. The molecule has 6 nitrogen and oxygen atoms in total. The van der Waals surface area contributed by atoms with Crippen LogP contribution in [0.3, 0.4) is 0 Å². The molecule has 0 radical (unpaired) electrons. The number of rotatable bonds is 3. The van der Waals surface area contributed by atoms with Gasteiger partial charge in [-0.2, -0.15) is 5.10 Å². The van der Waals surface area contributed by atoms with Crippen LogP contribution in [0.4, 0.5) is 0 Å². The standard InChI is InChI=1S/C10H8N4O2S2/c15-9-8-7(1-4-17-8)11-5-13(9)2-3-14-10(16)18-6-12-14/h1,4-6H,2-3H2. The zero-order valence-electron chi connectivity index (χ0n) is 9.15. The van der Waals surface area contributed by atoms with E-state index in [2.05, 4.69) is 10.1 Å². The monoisotopic (exact) mass is 280 g/mol. The van der Waals surface area contributed by atoms with Crippen LogP contribution in [0.5, 0.6) is 0 Å². The van der Waals surface area contributed by atoms with E-state index in [-0.39, 0.29) is 10.4 Å². The molecular weight excluding hydrogens is 272 g/mol. The van der Waals surface area contributed by atoms with E-state index in [0.29, 0.717) is 23.3 Å². The Labute approximate surface area is 109 Å². The van der Waals surface area contributed by atoms with Crippen molar-refractivity contribution in [2.45, 2.75) is 13.1 Å². The van der Waals surface area contributed by atoms with E-state index in [4.69, 9.17) is 0 Å². The number of aryl methyl sites for hydroxylation is 2. The van der Waals surface area contributed by atoms with Crippen molar-refractivity contribution < 1.29 is 0 Å². The average Bonchev–Trinajstić information content (AvgIpc) is 2.98. The summed E-state index contributed by atoms with van der Waals surface area (Å²) in [6.07, 6.45) is 1.51. The molecule has 0 N–H and O–H groups in total. The Balaban J connectivity index is 1.91. The first kappa shape index (κ1) is 11.3. The van der Waals surface area contributed by atoms with E-state index in [9.17, 15) is 9.59 Å². The molecule has 0 amide bonds. The van der Waals surface area contributed by atoms with E-state index < -0.39 is 0 Å². The number of fused-ring (bicyclic) bond motifs is 1. The molecule has 92 valence electrons. The van der Waals surface area contributed by atoms with Crippen LogP contribution in [0.25, 0.3) is 10.2 Å². The molecule has 0 saturated heterocycles. The minimum Gasteiger partial charge on any atom is -0.296 e. The minimum absolute atomic E-state index is 0.0710. The molecule has 3 aromatic rings. The summed E-state index contributed by atoms with van der Waals surface area (Å²) < 4.78 is 3.49. The van der Waals surface area contributed by atoms with Gasteiger partial charge in [0.2, 0.25) is 0 Å². The quantitative estimate of drug-likeness (QED) is 0.711. The van der Waals surface area contributed by atoms with Crippen molar-refractivity contribution in [1.82, 2.24) is 19.3 Å². The molecule has 0 aliphatic rings. The van der Waals surface area contributed by atoms with Gasteiger partial charge in [-0.05, 0) is 11.4 Å². The average molecular weight is 280 g/mol. The predicted molar refractivity (Wildman–Crippen MR) is 70.3 cm³/mol. The number of thiophene rings is 1. The summed E-state index contributed by atoms with van der Waals surface area (Å²) in [5.74, 6) is 0. The van der Waals surface area contributed by atoms with Crippen molar-refractivity contribution in [3.8, 4) is 0 Å². The van der Waals surface area contributed by atoms with Crippen LogP contribution in [-0.4, -0.2) is 19.3 Å².